The second-order valence-electron chi connectivity index (χ2n) is 5.77. The van der Waals surface area contributed by atoms with Crippen molar-refractivity contribution < 1.29 is 28.8 Å². The van der Waals surface area contributed by atoms with Crippen LogP contribution in [0.5, 0.6) is 0 Å². The monoisotopic (exact) mass is 377 g/mol. The van der Waals surface area contributed by atoms with Gasteiger partial charge in [0.2, 0.25) is 0 Å². The third kappa shape index (κ3) is 4.52. The van der Waals surface area contributed by atoms with Crippen LogP contribution in [0.3, 0.4) is 0 Å². The maximum Gasteiger partial charge on any atom is 0.466 e. The number of ketones is 2. The van der Waals surface area contributed by atoms with Gasteiger partial charge in [0.25, 0.3) is 0 Å². The second kappa shape index (κ2) is 8.03. The first kappa shape index (κ1) is 20.2. The molecule has 0 bridgehead atoms. The van der Waals surface area contributed by atoms with Crippen molar-refractivity contribution in [3.8, 4) is 0 Å². The van der Waals surface area contributed by atoms with Crippen LogP contribution in [0.2, 0.25) is 0 Å². The highest BCUT2D eigenvalue weighted by atomic mass is 31.2. The molecule has 138 valence electrons. The Labute approximate surface area is 150 Å². The number of benzene rings is 2. The van der Waals surface area contributed by atoms with E-state index in [1.165, 1.54) is 0 Å². The van der Waals surface area contributed by atoms with Gasteiger partial charge in [0.1, 0.15) is 0 Å². The molecule has 7 nitrogen and oxygen atoms in total. The van der Waals surface area contributed by atoms with Gasteiger partial charge in [0.05, 0.1) is 0 Å². The predicted octanol–water partition coefficient (Wildman–Crippen LogP) is 2.20. The fraction of sp³-hybridized carbons (Fsp3) is 0.222. The summed E-state index contributed by atoms with van der Waals surface area (Å²) in [4.78, 5) is 46.7. The molecule has 1 unspecified atom stereocenters. The fourth-order valence-electron chi connectivity index (χ4n) is 2.94. The van der Waals surface area contributed by atoms with E-state index in [1.807, 2.05) is 19.2 Å². The van der Waals surface area contributed by atoms with Gasteiger partial charge >= 0.3 is 7.82 Å². The van der Waals surface area contributed by atoms with Crippen LogP contribution >= 0.6 is 7.82 Å². The van der Waals surface area contributed by atoms with Gasteiger partial charge in [-0.25, -0.2) is 4.57 Å². The molecule has 0 aromatic heterocycles. The van der Waals surface area contributed by atoms with E-state index >= 15 is 0 Å². The average molecular weight is 377 g/mol. The minimum atomic E-state index is -4.64. The molecule has 0 saturated heterocycles. The highest BCUT2D eigenvalue weighted by Crippen LogP contribution is 2.29. The molecule has 1 aliphatic rings. The van der Waals surface area contributed by atoms with Crippen molar-refractivity contribution in [2.75, 3.05) is 7.05 Å². The summed E-state index contributed by atoms with van der Waals surface area (Å²) >= 11 is 0. The van der Waals surface area contributed by atoms with Gasteiger partial charge in [-0.3, -0.25) is 9.59 Å². The highest BCUT2D eigenvalue weighted by molar-refractivity contribution is 7.45. The van der Waals surface area contributed by atoms with E-state index in [1.54, 1.807) is 30.3 Å². The average Bonchev–Trinajstić information content (AvgIpc) is 2.59. The van der Waals surface area contributed by atoms with Crippen molar-refractivity contribution in [1.29, 1.82) is 0 Å². The highest BCUT2D eigenvalue weighted by Gasteiger charge is 2.29. The molecule has 1 aliphatic carbocycles. The molecule has 8 heteroatoms. The first-order valence-electron chi connectivity index (χ1n) is 7.95. The van der Waals surface area contributed by atoms with Crippen LogP contribution in [0.4, 0.5) is 0 Å². The van der Waals surface area contributed by atoms with Gasteiger partial charge < -0.3 is 20.0 Å². The quantitative estimate of drug-likeness (QED) is 0.516. The zero-order valence-electron chi connectivity index (χ0n) is 14.3. The van der Waals surface area contributed by atoms with Crippen LogP contribution in [-0.4, -0.2) is 33.3 Å². The topological polar surface area (TPSA) is 124 Å². The summed E-state index contributed by atoms with van der Waals surface area (Å²) in [6, 6.07) is 12.8. The molecule has 0 fully saturated rings. The van der Waals surface area contributed by atoms with Gasteiger partial charge in [-0.15, -0.1) is 0 Å². The van der Waals surface area contributed by atoms with Crippen LogP contribution in [0, 0.1) is 0 Å². The molecule has 0 heterocycles. The maximum atomic E-state index is 12.6. The zero-order valence-corrected chi connectivity index (χ0v) is 15.2. The standard InChI is InChI=1S/C18H17NO2.H3O4P/c1-3-16(19-2)11-8-9-14-15(10-11)18(21)13-7-5-4-6-12(13)17(14)20;1-5(2,3)4/h4-10,16,19H,3H2,1-2H3;(H3,1,2,3,4). The van der Waals surface area contributed by atoms with Crippen molar-refractivity contribution in [2.24, 2.45) is 0 Å². The van der Waals surface area contributed by atoms with Crippen molar-refractivity contribution in [3.63, 3.8) is 0 Å². The van der Waals surface area contributed by atoms with Crippen LogP contribution in [0.25, 0.3) is 0 Å². The molecule has 0 aliphatic heterocycles. The summed E-state index contributed by atoms with van der Waals surface area (Å²) in [6.45, 7) is 2.09. The van der Waals surface area contributed by atoms with Crippen LogP contribution < -0.4 is 5.32 Å². The van der Waals surface area contributed by atoms with E-state index in [2.05, 4.69) is 12.2 Å². The first-order chi connectivity index (χ1) is 12.2. The summed E-state index contributed by atoms with van der Waals surface area (Å²) in [5.74, 6) is -0.128. The molecule has 3 rings (SSSR count). The number of hydrogen-bond donors (Lipinski definition) is 4. The lowest BCUT2D eigenvalue weighted by atomic mass is 9.82. The van der Waals surface area contributed by atoms with Crippen molar-refractivity contribution in [2.45, 2.75) is 19.4 Å². The van der Waals surface area contributed by atoms with Gasteiger partial charge in [-0.05, 0) is 31.2 Å². The third-order valence-corrected chi connectivity index (χ3v) is 4.11. The summed E-state index contributed by atoms with van der Waals surface area (Å²) in [5, 5.41) is 3.22. The zero-order chi connectivity index (χ0) is 19.5. The number of nitrogens with one attached hydrogen (secondary N) is 1. The summed E-state index contributed by atoms with van der Waals surface area (Å²) in [5.41, 5.74) is 3.07. The van der Waals surface area contributed by atoms with E-state index in [0.29, 0.717) is 22.3 Å². The Balaban J connectivity index is 0.000000431. The summed E-state index contributed by atoms with van der Waals surface area (Å²) in [7, 11) is -2.74. The van der Waals surface area contributed by atoms with Crippen molar-refractivity contribution in [3.05, 3.63) is 70.3 Å². The lowest BCUT2D eigenvalue weighted by Gasteiger charge is -2.20. The number of carbonyl (C=O) groups is 2. The predicted molar refractivity (Wildman–Crippen MR) is 96.1 cm³/mol. The normalized spacial score (nSPS) is 14.0. The number of carbonyl (C=O) groups excluding carboxylic acids is 2. The van der Waals surface area contributed by atoms with E-state index in [0.717, 1.165) is 12.0 Å². The Morgan fingerprint density at radius 2 is 1.38 bits per heavy atom. The van der Waals surface area contributed by atoms with Gasteiger partial charge in [0, 0.05) is 28.3 Å². The molecule has 0 spiro atoms. The SMILES string of the molecule is CCC(NC)c1ccc2c(c1)C(=O)c1ccccc1C2=O.O=P(O)(O)O. The molecule has 0 amide bonds. The molecule has 2 aromatic carbocycles. The lowest BCUT2D eigenvalue weighted by Crippen LogP contribution is -2.22. The molecule has 0 radical (unpaired) electrons. The summed E-state index contributed by atoms with van der Waals surface area (Å²) < 4.78 is 8.88. The van der Waals surface area contributed by atoms with Crippen LogP contribution in [0.15, 0.2) is 42.5 Å². The van der Waals surface area contributed by atoms with Crippen LogP contribution in [0.1, 0.15) is 56.8 Å². The molecule has 26 heavy (non-hydrogen) atoms. The molecule has 2 aromatic rings. The number of hydrogen-bond acceptors (Lipinski definition) is 4. The van der Waals surface area contributed by atoms with E-state index in [9.17, 15) is 9.59 Å². The Bertz CT molecular complexity index is 877. The lowest BCUT2D eigenvalue weighted by molar-refractivity contribution is 0.0979. The summed E-state index contributed by atoms with van der Waals surface area (Å²) in [6.07, 6.45) is 0.925. The smallest absolute Gasteiger partial charge is 0.313 e. The second-order valence-corrected chi connectivity index (χ2v) is 6.80. The van der Waals surface area contributed by atoms with Crippen LogP contribution in [-0.2, 0) is 4.57 Å². The van der Waals surface area contributed by atoms with Gasteiger partial charge in [0.15, 0.2) is 11.6 Å². The van der Waals surface area contributed by atoms with Crippen molar-refractivity contribution in [1.82, 2.24) is 5.32 Å². The largest absolute Gasteiger partial charge is 0.466 e. The number of phosphoric acid groups is 1. The Hall–Kier alpha value is -2.15. The van der Waals surface area contributed by atoms with Crippen molar-refractivity contribution >= 4 is 19.4 Å². The molecule has 0 saturated carbocycles. The first-order valence-corrected chi connectivity index (χ1v) is 9.51. The molecule has 1 atom stereocenters. The van der Waals surface area contributed by atoms with E-state index in [4.69, 9.17) is 19.2 Å². The maximum absolute atomic E-state index is 12.6. The minimum Gasteiger partial charge on any atom is -0.313 e. The molecular formula is C18H20NO6P. The van der Waals surface area contributed by atoms with Gasteiger partial charge in [-0.1, -0.05) is 37.3 Å². The van der Waals surface area contributed by atoms with E-state index in [-0.39, 0.29) is 17.6 Å². The molecular weight excluding hydrogens is 357 g/mol. The molecule has 4 N–H and O–H groups in total. The number of rotatable bonds is 3. The number of fused-ring (bicyclic) bond motifs is 2. The van der Waals surface area contributed by atoms with Gasteiger partial charge in [-0.2, -0.15) is 0 Å². The Morgan fingerprint density at radius 3 is 1.85 bits per heavy atom. The Morgan fingerprint density at radius 1 is 0.923 bits per heavy atom. The Kier molecular flexibility index (Phi) is 6.23. The minimum absolute atomic E-state index is 0.0620. The fourth-order valence-corrected chi connectivity index (χ4v) is 2.94. The van der Waals surface area contributed by atoms with E-state index < -0.39 is 7.82 Å². The third-order valence-electron chi connectivity index (χ3n) is 4.11.